The summed E-state index contributed by atoms with van der Waals surface area (Å²) in [5.41, 5.74) is 2.60. The van der Waals surface area contributed by atoms with Gasteiger partial charge in [-0.1, -0.05) is 6.07 Å². The van der Waals surface area contributed by atoms with Gasteiger partial charge in [-0.2, -0.15) is 28.8 Å². The first kappa shape index (κ1) is 19.0. The van der Waals surface area contributed by atoms with Crippen molar-refractivity contribution in [2.24, 2.45) is 0 Å². The van der Waals surface area contributed by atoms with Gasteiger partial charge in [0.2, 0.25) is 10.0 Å². The van der Waals surface area contributed by atoms with Gasteiger partial charge in [0.05, 0.1) is 4.90 Å². The highest BCUT2D eigenvalue weighted by atomic mass is 32.2. The van der Waals surface area contributed by atoms with E-state index >= 15 is 0 Å². The van der Waals surface area contributed by atoms with Gasteiger partial charge in [0.25, 0.3) is 0 Å². The molecule has 0 spiro atoms. The Balaban J connectivity index is 2.48. The Morgan fingerprint density at radius 3 is 2.25 bits per heavy atom. The van der Waals surface area contributed by atoms with E-state index in [1.807, 2.05) is 6.92 Å². The molecular formula is C16H18F3NO2S2. The third-order valence-electron chi connectivity index (χ3n) is 3.70. The van der Waals surface area contributed by atoms with Gasteiger partial charge >= 0.3 is 6.18 Å². The summed E-state index contributed by atoms with van der Waals surface area (Å²) in [6.07, 6.45) is -4.61. The first-order valence-corrected chi connectivity index (χ1v) is 9.55. The molecule has 0 aliphatic rings. The topological polar surface area (TPSA) is 37.4 Å². The summed E-state index contributed by atoms with van der Waals surface area (Å²) >= 11 is 1.31. The van der Waals surface area contributed by atoms with E-state index in [4.69, 9.17) is 0 Å². The molecule has 0 bridgehead atoms. The number of halogens is 3. The van der Waals surface area contributed by atoms with Crippen LogP contribution in [0.25, 0.3) is 0 Å². The van der Waals surface area contributed by atoms with Crippen molar-refractivity contribution in [1.29, 1.82) is 0 Å². The SMILES string of the molecule is Cc1cc(C)c(S(=O)(=O)N(Cc2ccsc2)CC(F)(F)F)cc1C. The average Bonchev–Trinajstić information content (AvgIpc) is 2.93. The largest absolute Gasteiger partial charge is 0.402 e. The number of hydrogen-bond acceptors (Lipinski definition) is 3. The second kappa shape index (κ2) is 6.85. The monoisotopic (exact) mass is 377 g/mol. The molecule has 132 valence electrons. The van der Waals surface area contributed by atoms with Crippen LogP contribution in [0.5, 0.6) is 0 Å². The van der Waals surface area contributed by atoms with Gasteiger partial charge in [0.1, 0.15) is 6.54 Å². The van der Waals surface area contributed by atoms with Gasteiger partial charge in [-0.25, -0.2) is 8.42 Å². The summed E-state index contributed by atoms with van der Waals surface area (Å²) in [6.45, 7) is 3.34. The van der Waals surface area contributed by atoms with Gasteiger partial charge in [0, 0.05) is 6.54 Å². The molecule has 0 N–H and O–H groups in total. The number of rotatable bonds is 5. The van der Waals surface area contributed by atoms with Crippen molar-refractivity contribution in [3.63, 3.8) is 0 Å². The number of aryl methyl sites for hydroxylation is 3. The number of benzene rings is 1. The fourth-order valence-electron chi connectivity index (χ4n) is 2.36. The molecule has 1 aromatic carbocycles. The highest BCUT2D eigenvalue weighted by Crippen LogP contribution is 2.28. The lowest BCUT2D eigenvalue weighted by Gasteiger charge is -2.24. The van der Waals surface area contributed by atoms with Crippen LogP contribution in [-0.2, 0) is 16.6 Å². The third-order valence-corrected chi connectivity index (χ3v) is 6.37. The quantitative estimate of drug-likeness (QED) is 0.773. The van der Waals surface area contributed by atoms with E-state index in [2.05, 4.69) is 0 Å². The fourth-order valence-corrected chi connectivity index (χ4v) is 4.73. The lowest BCUT2D eigenvalue weighted by Crippen LogP contribution is -2.38. The standard InChI is InChI=1S/C16H18F3NO2S2/c1-11-6-13(3)15(7-12(11)2)24(21,22)20(10-16(17,18)19)8-14-4-5-23-9-14/h4-7,9H,8,10H2,1-3H3. The van der Waals surface area contributed by atoms with Crippen molar-refractivity contribution < 1.29 is 21.6 Å². The maximum Gasteiger partial charge on any atom is 0.402 e. The van der Waals surface area contributed by atoms with E-state index in [9.17, 15) is 21.6 Å². The van der Waals surface area contributed by atoms with Crippen molar-refractivity contribution in [2.75, 3.05) is 6.54 Å². The molecule has 0 aliphatic carbocycles. The molecule has 0 amide bonds. The van der Waals surface area contributed by atoms with Crippen LogP contribution in [0.15, 0.2) is 33.9 Å². The fraction of sp³-hybridized carbons (Fsp3) is 0.375. The highest BCUT2D eigenvalue weighted by Gasteiger charge is 2.37. The van der Waals surface area contributed by atoms with Gasteiger partial charge in [0.15, 0.2) is 0 Å². The molecule has 0 atom stereocenters. The lowest BCUT2D eigenvalue weighted by atomic mass is 10.1. The van der Waals surface area contributed by atoms with Crippen LogP contribution in [0.1, 0.15) is 22.3 Å². The number of hydrogen-bond donors (Lipinski definition) is 0. The van der Waals surface area contributed by atoms with Crippen molar-refractivity contribution in [3.8, 4) is 0 Å². The summed E-state index contributed by atoms with van der Waals surface area (Å²) in [4.78, 5) is -0.0786. The van der Waals surface area contributed by atoms with Crippen molar-refractivity contribution in [3.05, 3.63) is 51.2 Å². The minimum Gasteiger partial charge on any atom is -0.207 e. The Labute approximate surface area is 143 Å². The zero-order valence-corrected chi connectivity index (χ0v) is 15.1. The Hall–Kier alpha value is -1.38. The van der Waals surface area contributed by atoms with Crippen LogP contribution >= 0.6 is 11.3 Å². The number of sulfonamides is 1. The molecule has 1 heterocycles. The predicted molar refractivity (Wildman–Crippen MR) is 88.6 cm³/mol. The molecule has 8 heteroatoms. The normalized spacial score (nSPS) is 12.8. The van der Waals surface area contributed by atoms with Crippen LogP contribution in [0.4, 0.5) is 13.2 Å². The van der Waals surface area contributed by atoms with E-state index in [-0.39, 0.29) is 11.4 Å². The Bertz CT molecular complexity index is 813. The second-order valence-corrected chi connectivity index (χ2v) is 8.41. The minimum atomic E-state index is -4.61. The number of thiophene rings is 1. The minimum absolute atomic E-state index is 0.0786. The molecule has 1 aromatic heterocycles. The van der Waals surface area contributed by atoms with E-state index < -0.39 is 22.7 Å². The van der Waals surface area contributed by atoms with Gasteiger partial charge in [-0.05, 0) is 65.9 Å². The highest BCUT2D eigenvalue weighted by molar-refractivity contribution is 7.89. The Morgan fingerprint density at radius 2 is 1.71 bits per heavy atom. The smallest absolute Gasteiger partial charge is 0.207 e. The van der Waals surface area contributed by atoms with Gasteiger partial charge < -0.3 is 0 Å². The summed E-state index contributed by atoms with van der Waals surface area (Å²) < 4.78 is 65.0. The summed E-state index contributed by atoms with van der Waals surface area (Å²) in [5, 5.41) is 3.35. The summed E-state index contributed by atoms with van der Waals surface area (Å²) in [5.74, 6) is 0. The molecule has 0 unspecified atom stereocenters. The summed E-state index contributed by atoms with van der Waals surface area (Å²) in [6, 6.07) is 4.74. The summed E-state index contributed by atoms with van der Waals surface area (Å²) in [7, 11) is -4.26. The first-order chi connectivity index (χ1) is 11.0. The van der Waals surface area contributed by atoms with E-state index in [0.717, 1.165) is 11.1 Å². The molecule has 0 aliphatic heterocycles. The molecule has 24 heavy (non-hydrogen) atoms. The molecule has 0 saturated heterocycles. The van der Waals surface area contributed by atoms with Gasteiger partial charge in [-0.15, -0.1) is 0 Å². The maximum atomic E-state index is 12.9. The average molecular weight is 377 g/mol. The van der Waals surface area contributed by atoms with Crippen LogP contribution in [0.3, 0.4) is 0 Å². The van der Waals surface area contributed by atoms with E-state index in [1.165, 1.54) is 17.4 Å². The van der Waals surface area contributed by atoms with Gasteiger partial charge in [-0.3, -0.25) is 0 Å². The predicted octanol–water partition coefficient (Wildman–Crippen LogP) is 4.43. The zero-order chi connectivity index (χ0) is 18.1. The molecule has 0 fully saturated rings. The maximum absolute atomic E-state index is 12.9. The Kier molecular flexibility index (Phi) is 5.41. The molecular weight excluding hydrogens is 359 g/mol. The molecule has 2 rings (SSSR count). The molecule has 2 aromatic rings. The van der Waals surface area contributed by atoms with Crippen LogP contribution in [-0.4, -0.2) is 25.4 Å². The lowest BCUT2D eigenvalue weighted by molar-refractivity contribution is -0.136. The Morgan fingerprint density at radius 1 is 1.08 bits per heavy atom. The van der Waals surface area contributed by atoms with Crippen LogP contribution in [0, 0.1) is 20.8 Å². The molecule has 0 radical (unpaired) electrons. The van der Waals surface area contributed by atoms with Crippen molar-refractivity contribution in [2.45, 2.75) is 38.4 Å². The molecule has 3 nitrogen and oxygen atoms in total. The van der Waals surface area contributed by atoms with Crippen molar-refractivity contribution in [1.82, 2.24) is 4.31 Å². The number of alkyl halides is 3. The third kappa shape index (κ3) is 4.37. The molecule has 0 saturated carbocycles. The van der Waals surface area contributed by atoms with Crippen LogP contribution in [0.2, 0.25) is 0 Å². The number of nitrogens with zero attached hydrogens (tertiary/aromatic N) is 1. The van der Waals surface area contributed by atoms with Crippen LogP contribution < -0.4 is 0 Å². The van der Waals surface area contributed by atoms with E-state index in [1.54, 1.807) is 36.7 Å². The van der Waals surface area contributed by atoms with Crippen molar-refractivity contribution >= 4 is 21.4 Å². The zero-order valence-electron chi connectivity index (χ0n) is 13.5. The first-order valence-electron chi connectivity index (χ1n) is 7.16. The van der Waals surface area contributed by atoms with E-state index in [0.29, 0.717) is 15.4 Å². The second-order valence-electron chi connectivity index (χ2n) is 5.72.